The third-order valence-corrected chi connectivity index (χ3v) is 5.64. The van der Waals surface area contributed by atoms with Gasteiger partial charge in [0.2, 0.25) is 5.95 Å². The summed E-state index contributed by atoms with van der Waals surface area (Å²) >= 11 is 0. The lowest BCUT2D eigenvalue weighted by Crippen LogP contribution is -2.01. The highest BCUT2D eigenvalue weighted by atomic mass is 16.5. The van der Waals surface area contributed by atoms with Gasteiger partial charge in [0.25, 0.3) is 0 Å². The molecule has 2 heterocycles. The molecular weight excluding hydrogens is 494 g/mol. The predicted molar refractivity (Wildman–Crippen MR) is 147 cm³/mol. The van der Waals surface area contributed by atoms with Crippen molar-refractivity contribution >= 4 is 17.7 Å². The zero-order chi connectivity index (χ0) is 27.0. The van der Waals surface area contributed by atoms with Gasteiger partial charge in [0, 0.05) is 17.3 Å². The van der Waals surface area contributed by atoms with Crippen molar-refractivity contribution in [2.45, 2.75) is 13.3 Å². The second kappa shape index (κ2) is 11.8. The summed E-state index contributed by atoms with van der Waals surface area (Å²) in [6.45, 7) is 2.47. The predicted octanol–water partition coefficient (Wildman–Crippen LogP) is 6.16. The minimum atomic E-state index is -0.870. The smallest absolute Gasteiger partial charge is 0.307 e. The second-order valence-electron chi connectivity index (χ2n) is 8.46. The molecule has 0 radical (unpaired) electrons. The van der Waals surface area contributed by atoms with Gasteiger partial charge in [-0.1, -0.05) is 48.5 Å². The molecule has 194 valence electrons. The number of aromatic nitrogens is 4. The Labute approximate surface area is 225 Å². The van der Waals surface area contributed by atoms with E-state index in [-0.39, 0.29) is 6.42 Å². The normalized spacial score (nSPS) is 10.6. The van der Waals surface area contributed by atoms with Crippen LogP contribution in [0, 0.1) is 0 Å². The number of carboxylic acids is 1. The molecule has 9 heteroatoms. The summed E-state index contributed by atoms with van der Waals surface area (Å²) in [6, 6.07) is 24.1. The number of carboxylic acid groups (broad SMARTS) is 1. The number of benzene rings is 3. The van der Waals surface area contributed by atoms with Crippen molar-refractivity contribution in [2.24, 2.45) is 0 Å². The van der Waals surface area contributed by atoms with E-state index in [9.17, 15) is 4.79 Å². The minimum absolute atomic E-state index is 0.0263. The van der Waals surface area contributed by atoms with Gasteiger partial charge < -0.3 is 19.9 Å². The molecule has 0 fully saturated rings. The Balaban J connectivity index is 1.33. The van der Waals surface area contributed by atoms with Crippen LogP contribution in [0.2, 0.25) is 0 Å². The van der Waals surface area contributed by atoms with Crippen LogP contribution in [0.25, 0.3) is 22.5 Å². The average molecular weight is 520 g/mol. The number of hydrogen-bond acceptors (Lipinski definition) is 8. The number of carbonyl (C=O) groups is 1. The van der Waals surface area contributed by atoms with Crippen molar-refractivity contribution in [3.05, 3.63) is 103 Å². The molecular formula is C30H25N5O4. The molecule has 0 unspecified atom stereocenters. The van der Waals surface area contributed by atoms with E-state index in [1.165, 1.54) is 0 Å². The first-order chi connectivity index (χ1) is 19.1. The highest BCUT2D eigenvalue weighted by molar-refractivity contribution is 5.71. The number of para-hydroxylation sites is 2. The molecule has 0 atom stereocenters. The Hall–Kier alpha value is -5.31. The molecule has 0 aliphatic heterocycles. The maximum absolute atomic E-state index is 10.9. The first-order valence-corrected chi connectivity index (χ1v) is 12.3. The fraction of sp³-hybridized carbons (Fsp3) is 0.100. The summed E-state index contributed by atoms with van der Waals surface area (Å²) < 4.78 is 11.8. The molecule has 0 aliphatic rings. The van der Waals surface area contributed by atoms with E-state index < -0.39 is 5.97 Å². The Morgan fingerprint density at radius 1 is 0.872 bits per heavy atom. The molecule has 3 aromatic carbocycles. The third kappa shape index (κ3) is 6.53. The second-order valence-corrected chi connectivity index (χ2v) is 8.46. The molecule has 0 saturated heterocycles. The standard InChI is InChI=1S/C30H25N5O4/c1-2-38-26-8-3-4-9-27(26)39-23-7-5-6-22(17-23)25-18-31-19-28(33-25)35-30-32-15-14-24(34-30)21-12-10-20(11-13-21)16-29(36)37/h3-15,17-19H,2,16H2,1H3,(H,36,37)(H,32,33,34,35). The number of rotatable bonds is 10. The van der Waals surface area contributed by atoms with E-state index in [1.807, 2.05) is 67.6 Å². The van der Waals surface area contributed by atoms with Gasteiger partial charge in [-0.25, -0.2) is 15.0 Å². The van der Waals surface area contributed by atoms with Crippen LogP contribution in [-0.4, -0.2) is 37.6 Å². The van der Waals surface area contributed by atoms with E-state index in [4.69, 9.17) is 14.6 Å². The molecule has 5 rings (SSSR count). The molecule has 0 bridgehead atoms. The van der Waals surface area contributed by atoms with Crippen molar-refractivity contribution in [1.29, 1.82) is 0 Å². The maximum atomic E-state index is 10.9. The SMILES string of the molecule is CCOc1ccccc1Oc1cccc(-c2cncc(Nc3nccc(-c4ccc(CC(=O)O)cc4)n3)n2)c1. The third-order valence-electron chi connectivity index (χ3n) is 5.64. The summed E-state index contributed by atoms with van der Waals surface area (Å²) in [7, 11) is 0. The van der Waals surface area contributed by atoms with Crippen LogP contribution in [0.1, 0.15) is 12.5 Å². The first-order valence-electron chi connectivity index (χ1n) is 12.3. The van der Waals surface area contributed by atoms with E-state index in [0.29, 0.717) is 47.0 Å². The molecule has 0 aliphatic carbocycles. The molecule has 2 N–H and O–H groups in total. The molecule has 2 aromatic heterocycles. The van der Waals surface area contributed by atoms with Crippen LogP contribution < -0.4 is 14.8 Å². The van der Waals surface area contributed by atoms with Gasteiger partial charge in [0.1, 0.15) is 5.75 Å². The maximum Gasteiger partial charge on any atom is 0.307 e. The lowest BCUT2D eigenvalue weighted by atomic mass is 10.1. The van der Waals surface area contributed by atoms with Gasteiger partial charge in [0.05, 0.1) is 36.8 Å². The fourth-order valence-electron chi connectivity index (χ4n) is 3.88. The van der Waals surface area contributed by atoms with Crippen LogP contribution in [0.15, 0.2) is 97.5 Å². The Morgan fingerprint density at radius 2 is 1.69 bits per heavy atom. The van der Waals surface area contributed by atoms with E-state index >= 15 is 0 Å². The van der Waals surface area contributed by atoms with Gasteiger partial charge in [-0.2, -0.15) is 0 Å². The number of anilines is 2. The largest absolute Gasteiger partial charge is 0.490 e. The van der Waals surface area contributed by atoms with Crippen molar-refractivity contribution < 1.29 is 19.4 Å². The monoisotopic (exact) mass is 519 g/mol. The summed E-state index contributed by atoms with van der Waals surface area (Å²) in [5.41, 5.74) is 3.73. The van der Waals surface area contributed by atoms with Gasteiger partial charge in [0.15, 0.2) is 17.3 Å². The van der Waals surface area contributed by atoms with Crippen molar-refractivity contribution in [1.82, 2.24) is 19.9 Å². The van der Waals surface area contributed by atoms with Crippen LogP contribution in [0.4, 0.5) is 11.8 Å². The van der Waals surface area contributed by atoms with E-state index in [1.54, 1.807) is 36.8 Å². The highest BCUT2D eigenvalue weighted by Gasteiger charge is 2.10. The van der Waals surface area contributed by atoms with Crippen molar-refractivity contribution in [3.63, 3.8) is 0 Å². The molecule has 9 nitrogen and oxygen atoms in total. The molecule has 39 heavy (non-hydrogen) atoms. The summed E-state index contributed by atoms with van der Waals surface area (Å²) in [5.74, 6) is 1.92. The van der Waals surface area contributed by atoms with Crippen LogP contribution >= 0.6 is 0 Å². The van der Waals surface area contributed by atoms with Crippen molar-refractivity contribution in [3.8, 4) is 39.8 Å². The quantitative estimate of drug-likeness (QED) is 0.223. The fourth-order valence-corrected chi connectivity index (χ4v) is 3.88. The van der Waals surface area contributed by atoms with E-state index in [0.717, 1.165) is 16.7 Å². The zero-order valence-corrected chi connectivity index (χ0v) is 21.1. The lowest BCUT2D eigenvalue weighted by Gasteiger charge is -2.12. The molecule has 0 saturated carbocycles. The first kappa shape index (κ1) is 25.3. The zero-order valence-electron chi connectivity index (χ0n) is 21.1. The summed E-state index contributed by atoms with van der Waals surface area (Å²) in [5, 5.41) is 12.1. The Morgan fingerprint density at radius 3 is 2.49 bits per heavy atom. The topological polar surface area (TPSA) is 119 Å². The minimum Gasteiger partial charge on any atom is -0.490 e. The Kier molecular flexibility index (Phi) is 7.68. The van der Waals surface area contributed by atoms with Gasteiger partial charge >= 0.3 is 5.97 Å². The van der Waals surface area contributed by atoms with Crippen LogP contribution in [0.5, 0.6) is 17.2 Å². The number of aliphatic carboxylic acids is 1. The Bertz CT molecular complexity index is 1590. The van der Waals surface area contributed by atoms with Gasteiger partial charge in [-0.15, -0.1) is 0 Å². The number of nitrogens with one attached hydrogen (secondary N) is 1. The van der Waals surface area contributed by atoms with Gasteiger partial charge in [-0.3, -0.25) is 9.78 Å². The van der Waals surface area contributed by atoms with Crippen LogP contribution in [-0.2, 0) is 11.2 Å². The average Bonchev–Trinajstić information content (AvgIpc) is 2.95. The van der Waals surface area contributed by atoms with Crippen LogP contribution in [0.3, 0.4) is 0 Å². The molecule has 0 spiro atoms. The van der Waals surface area contributed by atoms with E-state index in [2.05, 4.69) is 25.3 Å². The summed E-state index contributed by atoms with van der Waals surface area (Å²) in [4.78, 5) is 28.8. The number of hydrogen-bond donors (Lipinski definition) is 2. The molecule has 0 amide bonds. The number of ether oxygens (including phenoxy) is 2. The number of nitrogens with zero attached hydrogens (tertiary/aromatic N) is 4. The molecule has 5 aromatic rings. The lowest BCUT2D eigenvalue weighted by molar-refractivity contribution is -0.136. The van der Waals surface area contributed by atoms with Crippen molar-refractivity contribution in [2.75, 3.05) is 11.9 Å². The highest BCUT2D eigenvalue weighted by Crippen LogP contribution is 2.33. The van der Waals surface area contributed by atoms with Gasteiger partial charge in [-0.05, 0) is 42.8 Å². The summed E-state index contributed by atoms with van der Waals surface area (Å²) in [6.07, 6.45) is 4.89.